The van der Waals surface area contributed by atoms with E-state index in [2.05, 4.69) is 171 Å². The molecule has 0 aromatic rings. The van der Waals surface area contributed by atoms with Gasteiger partial charge >= 0.3 is 55.0 Å². The number of rotatable bonds is 9. The molecule has 2 fully saturated rings. The summed E-state index contributed by atoms with van der Waals surface area (Å²) >= 11 is 1.48. The van der Waals surface area contributed by atoms with Crippen LogP contribution in [0, 0.1) is 76.6 Å². The SMILES string of the molecule is C.C.C.C#CC#CC.C1CCCCC1.CC.CC.CC#CC#CC.CC(C)(C)CCC(C)(C)C.CCC1OC(C)C(C)C(C)C1OC.CN(C)CN(C)CN(C)C.C[C-]=CC=C[CH]=[W]. The van der Waals surface area contributed by atoms with Crippen molar-refractivity contribution in [1.82, 2.24) is 14.7 Å². The summed E-state index contributed by atoms with van der Waals surface area (Å²) in [6.07, 6.45) is 27.1. The molecule has 0 aromatic heterocycles. The van der Waals surface area contributed by atoms with Gasteiger partial charge in [0.05, 0.1) is 31.6 Å². The van der Waals surface area contributed by atoms with Gasteiger partial charge in [-0.25, -0.2) is 0 Å². The third-order valence-electron chi connectivity index (χ3n) is 8.65. The summed E-state index contributed by atoms with van der Waals surface area (Å²) in [6, 6.07) is 0. The Hall–Kier alpha value is -1.92. The first-order valence-corrected chi connectivity index (χ1v) is 24.8. The second kappa shape index (κ2) is 63.2. The molecule has 0 bridgehead atoms. The quantitative estimate of drug-likeness (QED) is 0.0993. The van der Waals surface area contributed by atoms with Crippen molar-refractivity contribution >= 4 is 4.40 Å². The summed E-state index contributed by atoms with van der Waals surface area (Å²) in [7, 11) is 12.2. The van der Waals surface area contributed by atoms with E-state index in [0.717, 1.165) is 19.8 Å². The van der Waals surface area contributed by atoms with Crippen molar-refractivity contribution in [2.75, 3.05) is 55.7 Å². The molecular weight excluding hydrogens is 954 g/mol. The zero-order valence-corrected chi connectivity index (χ0v) is 48.1. The number of hydrogen-bond acceptors (Lipinski definition) is 5. The van der Waals surface area contributed by atoms with Crippen molar-refractivity contribution < 1.29 is 28.8 Å². The number of nitrogens with zero attached hydrogens (tertiary/aromatic N) is 3. The van der Waals surface area contributed by atoms with Crippen LogP contribution in [0.2, 0.25) is 0 Å². The molecule has 64 heavy (non-hydrogen) atoms. The van der Waals surface area contributed by atoms with Crippen molar-refractivity contribution in [2.24, 2.45) is 22.7 Å². The van der Waals surface area contributed by atoms with Crippen LogP contribution in [-0.4, -0.2) is 93.1 Å². The molecule has 5 unspecified atom stereocenters. The second-order valence-corrected chi connectivity index (χ2v) is 18.5. The topological polar surface area (TPSA) is 28.2 Å². The monoisotopic (exact) mass is 1070 g/mol. The standard InChI is InChI=1S/C11H22O2.C10H22.C7H19N3.C6H12.C6H7.C6H6.C5H4.2C2H6.3CH4.W/c1-6-10-11(12-5)8(3)7(2)9(4)13-10;1-9(2,3)7-8-10(4,5)6;1-8(2)6-10(5)7-9(3)4;1-2-4-6-5-3-1;2*1-3-5-6-4-2;1-3-5-4-2;2*1-2;;;;/h7-11H,6H2,1-5H3;7-8H2,1-6H3;6-7H2,1-5H3;1-6H2;1,3,5-6H,2H3;1-2H3;1H,2H3;2*1-2H3;3*1H4;/q;;;;-1;;;;;;;;. The summed E-state index contributed by atoms with van der Waals surface area (Å²) in [5.74, 6) is 18.7. The first kappa shape index (κ1) is 85.4. The van der Waals surface area contributed by atoms with Crippen molar-refractivity contribution in [3.8, 4) is 47.9 Å². The number of allylic oxidation sites excluding steroid dienone is 4. The Kier molecular flexibility index (Phi) is 84.3. The molecule has 1 aliphatic heterocycles. The first-order chi connectivity index (χ1) is 28.6. The summed E-state index contributed by atoms with van der Waals surface area (Å²) in [6.45, 7) is 39.8. The van der Waals surface area contributed by atoms with E-state index in [9.17, 15) is 0 Å². The molecule has 5 atom stereocenters. The first-order valence-electron chi connectivity index (χ1n) is 23.1. The maximum atomic E-state index is 5.90. The molecule has 6 heteroatoms. The van der Waals surface area contributed by atoms with Gasteiger partial charge in [-0.1, -0.05) is 169 Å². The molecule has 0 N–H and O–H groups in total. The van der Waals surface area contributed by atoms with Crippen molar-refractivity contribution in [3.63, 3.8) is 0 Å². The van der Waals surface area contributed by atoms with Crippen LogP contribution in [0.5, 0.6) is 0 Å². The Morgan fingerprint density at radius 3 is 1.27 bits per heavy atom. The van der Waals surface area contributed by atoms with E-state index in [4.69, 9.17) is 15.9 Å². The molecule has 1 heterocycles. The summed E-state index contributed by atoms with van der Waals surface area (Å²) in [5.41, 5.74) is 1.01. The number of ether oxygens (including phenoxy) is 2. The fourth-order valence-corrected chi connectivity index (χ4v) is 5.78. The van der Waals surface area contributed by atoms with Gasteiger partial charge in [0, 0.05) is 7.11 Å². The van der Waals surface area contributed by atoms with Crippen LogP contribution in [-0.2, 0) is 28.8 Å². The molecular formula is C58H116N3O2W-. The number of terminal acetylenes is 1. The zero-order valence-electron chi connectivity index (χ0n) is 45.1. The number of methoxy groups -OCH3 is 1. The van der Waals surface area contributed by atoms with E-state index in [1.165, 1.54) is 70.7 Å². The minimum absolute atomic E-state index is 0. The predicted octanol–water partition coefficient (Wildman–Crippen LogP) is 15.5. The Balaban J connectivity index is -0.0000000664. The van der Waals surface area contributed by atoms with Crippen LogP contribution in [0.1, 0.15) is 205 Å². The summed E-state index contributed by atoms with van der Waals surface area (Å²) in [5, 5.41) is 0. The van der Waals surface area contributed by atoms with E-state index in [-0.39, 0.29) is 34.5 Å². The molecule has 0 aromatic carbocycles. The third kappa shape index (κ3) is 77.3. The molecule has 0 amide bonds. The van der Waals surface area contributed by atoms with E-state index >= 15 is 0 Å². The van der Waals surface area contributed by atoms with Gasteiger partial charge < -0.3 is 9.47 Å². The van der Waals surface area contributed by atoms with Crippen LogP contribution in [0.15, 0.2) is 18.2 Å². The van der Waals surface area contributed by atoms with Gasteiger partial charge in [0.2, 0.25) is 0 Å². The Morgan fingerprint density at radius 2 is 1.05 bits per heavy atom. The Bertz CT molecular complexity index is 1140. The van der Waals surface area contributed by atoms with E-state index in [1.807, 2.05) is 52.8 Å². The van der Waals surface area contributed by atoms with E-state index in [1.54, 1.807) is 27.9 Å². The fourth-order valence-electron chi connectivity index (χ4n) is 5.45. The molecule has 382 valence electrons. The number of hydrogen-bond donors (Lipinski definition) is 0. The van der Waals surface area contributed by atoms with Crippen molar-refractivity contribution in [3.05, 3.63) is 24.3 Å². The van der Waals surface area contributed by atoms with Gasteiger partial charge in [0.15, 0.2) is 0 Å². The molecule has 0 radical (unpaired) electrons. The van der Waals surface area contributed by atoms with Crippen LogP contribution >= 0.6 is 0 Å². The molecule has 5 nitrogen and oxygen atoms in total. The molecule has 2 aliphatic rings. The van der Waals surface area contributed by atoms with Gasteiger partial charge in [-0.3, -0.25) is 14.7 Å². The third-order valence-corrected chi connectivity index (χ3v) is 9.22. The second-order valence-electron chi connectivity index (χ2n) is 17.5. The van der Waals surface area contributed by atoms with Crippen molar-refractivity contribution in [1.29, 1.82) is 0 Å². The normalized spacial score (nSPS) is 17.7. The Labute approximate surface area is 419 Å². The van der Waals surface area contributed by atoms with Gasteiger partial charge in [-0.2, -0.15) is 0 Å². The summed E-state index contributed by atoms with van der Waals surface area (Å²) in [4.78, 5) is 6.56. The van der Waals surface area contributed by atoms with Crippen LogP contribution in [0.4, 0.5) is 0 Å². The van der Waals surface area contributed by atoms with Crippen LogP contribution < -0.4 is 0 Å². The fraction of sp³-hybridized carbons (Fsp3) is 0.776. The predicted molar refractivity (Wildman–Crippen MR) is 295 cm³/mol. The van der Waals surface area contributed by atoms with E-state index in [0.29, 0.717) is 28.8 Å². The van der Waals surface area contributed by atoms with Crippen LogP contribution in [0.3, 0.4) is 0 Å². The van der Waals surface area contributed by atoms with Crippen molar-refractivity contribution in [2.45, 2.75) is 223 Å². The molecule has 0 spiro atoms. The van der Waals surface area contributed by atoms with Gasteiger partial charge in [-0.05, 0) is 129 Å². The molecule has 1 saturated heterocycles. The van der Waals surface area contributed by atoms with Gasteiger partial charge in [-0.15, -0.1) is 6.42 Å². The van der Waals surface area contributed by atoms with Gasteiger partial charge in [0.25, 0.3) is 0 Å². The average molecular weight is 1070 g/mol. The van der Waals surface area contributed by atoms with Crippen LogP contribution in [0.25, 0.3) is 0 Å². The Morgan fingerprint density at radius 1 is 0.688 bits per heavy atom. The molecule has 1 aliphatic carbocycles. The average Bonchev–Trinajstić information content (AvgIpc) is 3.21. The van der Waals surface area contributed by atoms with Gasteiger partial charge in [0.1, 0.15) is 0 Å². The molecule has 1 saturated carbocycles. The van der Waals surface area contributed by atoms with E-state index < -0.39 is 0 Å². The summed E-state index contributed by atoms with van der Waals surface area (Å²) < 4.78 is 13.5. The minimum atomic E-state index is 0. The molecule has 2 rings (SSSR count). The maximum absolute atomic E-state index is 5.90. The zero-order chi connectivity index (χ0) is 49.3.